The average Bonchev–Trinajstić information content (AvgIpc) is 1.56. The molecule has 13 heavy (non-hydrogen) atoms. The summed E-state index contributed by atoms with van der Waals surface area (Å²) in [6.07, 6.45) is 0. The molecule has 0 saturated carbocycles. The molecular weight excluding hydrogens is 275 g/mol. The van der Waals surface area contributed by atoms with E-state index >= 15 is 0 Å². The Labute approximate surface area is 79.6 Å². The van der Waals surface area contributed by atoms with Crippen LogP contribution in [0.2, 0.25) is 0 Å². The van der Waals surface area contributed by atoms with Gasteiger partial charge >= 0.3 is 50.1 Å². The minimum absolute atomic E-state index is 0. The van der Waals surface area contributed by atoms with Crippen molar-refractivity contribution in [2.24, 2.45) is 0 Å². The molecule has 0 aromatic carbocycles. The number of carbonyl (C=O) groups excluding carboxylic acids is 1. The van der Waals surface area contributed by atoms with Gasteiger partial charge in [-0.15, -0.1) is 0 Å². The molecule has 0 fully saturated rings. The summed E-state index contributed by atoms with van der Waals surface area (Å²) in [5.41, 5.74) is 0. The maximum absolute atomic E-state index is 10.7. The van der Waals surface area contributed by atoms with Crippen LogP contribution >= 0.6 is 7.81 Å². The zero-order valence-corrected chi connectivity index (χ0v) is 7.71. The Morgan fingerprint density at radius 3 is 1.23 bits per heavy atom. The van der Waals surface area contributed by atoms with Crippen LogP contribution in [0.1, 0.15) is 6.92 Å². The van der Waals surface area contributed by atoms with Gasteiger partial charge in [-0.2, -0.15) is 5.26 Å². The van der Waals surface area contributed by atoms with Crippen molar-refractivity contribution >= 4 is 13.6 Å². The molecule has 0 aliphatic heterocycles. The van der Waals surface area contributed by atoms with E-state index in [1.807, 2.05) is 0 Å². The van der Waals surface area contributed by atoms with Gasteiger partial charge in [0.15, 0.2) is 0 Å². The molecular formula is C3H3CuF6NOP. The van der Waals surface area contributed by atoms with Gasteiger partial charge in [0.1, 0.15) is 6.07 Å². The summed E-state index contributed by atoms with van der Waals surface area (Å²) in [4.78, 5) is 9.45. The van der Waals surface area contributed by atoms with E-state index in [-0.39, 0.29) is 17.1 Å². The summed E-state index contributed by atoms with van der Waals surface area (Å²) in [6, 6.07) is 1.39. The third-order valence-corrected chi connectivity index (χ3v) is 0.157. The number of ketones is 1. The predicted octanol–water partition coefficient (Wildman–Crippen LogP) is 3.48. The Bertz CT molecular complexity index is 212. The fourth-order valence-corrected chi connectivity index (χ4v) is 0. The van der Waals surface area contributed by atoms with Gasteiger partial charge in [0.05, 0.1) is 0 Å². The van der Waals surface area contributed by atoms with E-state index in [2.05, 4.69) is 0 Å². The maximum Gasteiger partial charge on any atom is 1.00 e. The molecule has 2 nitrogen and oxygen atoms in total. The molecule has 0 aromatic heterocycles. The molecule has 0 aliphatic rings. The third-order valence-electron chi connectivity index (χ3n) is 0.157. The van der Waals surface area contributed by atoms with E-state index < -0.39 is 13.6 Å². The van der Waals surface area contributed by atoms with Gasteiger partial charge < -0.3 is 0 Å². The number of halogens is 6. The van der Waals surface area contributed by atoms with Gasteiger partial charge in [-0.3, -0.25) is 4.79 Å². The van der Waals surface area contributed by atoms with Crippen LogP contribution in [0.15, 0.2) is 0 Å². The zero-order valence-electron chi connectivity index (χ0n) is 5.87. The van der Waals surface area contributed by atoms with Crippen LogP contribution in [-0.4, -0.2) is 5.78 Å². The van der Waals surface area contributed by atoms with E-state index in [0.29, 0.717) is 0 Å². The molecule has 0 radical (unpaired) electrons. The van der Waals surface area contributed by atoms with Crippen LogP contribution in [0.5, 0.6) is 0 Å². The van der Waals surface area contributed by atoms with Crippen molar-refractivity contribution < 1.29 is 47.0 Å². The van der Waals surface area contributed by atoms with Crippen LogP contribution in [0.25, 0.3) is 0 Å². The fraction of sp³-hybridized carbons (Fsp3) is 0.333. The first kappa shape index (κ1) is 18.5. The Morgan fingerprint density at radius 2 is 1.23 bits per heavy atom. The molecule has 10 heteroatoms. The first-order valence-electron chi connectivity index (χ1n) is 2.19. The Hall–Kier alpha value is -0.311. The van der Waals surface area contributed by atoms with Crippen LogP contribution in [0.3, 0.4) is 0 Å². The number of rotatable bonds is 0. The second kappa shape index (κ2) is 3.82. The zero-order chi connectivity index (χ0) is 10.7. The quantitative estimate of drug-likeness (QED) is 0.294. The van der Waals surface area contributed by atoms with E-state index in [0.717, 1.165) is 0 Å². The molecule has 0 heterocycles. The van der Waals surface area contributed by atoms with Crippen molar-refractivity contribution in [1.29, 1.82) is 5.26 Å². The van der Waals surface area contributed by atoms with Crippen molar-refractivity contribution in [3.63, 3.8) is 0 Å². The molecule has 0 amide bonds. The van der Waals surface area contributed by atoms with Crippen molar-refractivity contribution in [2.75, 3.05) is 0 Å². The number of nitriles is 1. The molecule has 0 unspecified atom stereocenters. The van der Waals surface area contributed by atoms with E-state index in [1.165, 1.54) is 13.0 Å². The van der Waals surface area contributed by atoms with E-state index in [1.54, 1.807) is 0 Å². The molecule has 0 spiro atoms. The van der Waals surface area contributed by atoms with Gasteiger partial charge in [-0.25, -0.2) is 0 Å². The second-order valence-electron chi connectivity index (χ2n) is 1.63. The third kappa shape index (κ3) is 384. The van der Waals surface area contributed by atoms with Crippen molar-refractivity contribution in [3.8, 4) is 6.07 Å². The topological polar surface area (TPSA) is 40.9 Å². The molecule has 0 N–H and O–H groups in total. The van der Waals surface area contributed by atoms with Crippen molar-refractivity contribution in [1.82, 2.24) is 0 Å². The SMILES string of the molecule is CC(=O)C#N.F[P-](F)(F)(F)(F)F.[Cu+]. The summed E-state index contributed by atoms with van der Waals surface area (Å²) in [7, 11) is -10.7. The van der Waals surface area contributed by atoms with Gasteiger partial charge in [0, 0.05) is 6.92 Å². The standard InChI is InChI=1S/C3H3NO.Cu.F6P/c1-3(5)2-4;;1-7(2,3,4,5)6/h1H3;;/q;+1;-1. The van der Waals surface area contributed by atoms with Gasteiger partial charge in [0.2, 0.25) is 5.78 Å². The summed E-state index contributed by atoms with van der Waals surface area (Å²) in [5, 5.41) is 7.54. The number of carbonyl (C=O) groups is 1. The molecule has 0 aliphatic carbocycles. The number of hydrogen-bond donors (Lipinski definition) is 0. The van der Waals surface area contributed by atoms with Gasteiger partial charge in [-0.1, -0.05) is 0 Å². The maximum atomic E-state index is 9.87. The first-order chi connectivity index (χ1) is 4.72. The van der Waals surface area contributed by atoms with E-state index in [9.17, 15) is 30.0 Å². The molecule has 0 aromatic rings. The Morgan fingerprint density at radius 1 is 1.15 bits per heavy atom. The van der Waals surface area contributed by atoms with Gasteiger partial charge in [0.25, 0.3) is 0 Å². The van der Waals surface area contributed by atoms with E-state index in [4.69, 9.17) is 5.26 Å². The Balaban J connectivity index is -0.000000150. The summed E-state index contributed by atoms with van der Waals surface area (Å²) in [6.45, 7) is 1.22. The molecule has 0 saturated heterocycles. The minimum Gasteiger partial charge on any atom is 1.00 e. The van der Waals surface area contributed by atoms with Crippen LogP contribution in [-0.2, 0) is 21.9 Å². The summed E-state index contributed by atoms with van der Waals surface area (Å²) >= 11 is 0. The number of hydrogen-bond acceptors (Lipinski definition) is 2. The normalized spacial score (nSPS) is 14.6. The molecule has 84 valence electrons. The number of Topliss-reactive ketones (excluding diaryl/α,β-unsaturated/α-hetero) is 1. The van der Waals surface area contributed by atoms with Crippen molar-refractivity contribution in [2.45, 2.75) is 6.92 Å². The van der Waals surface area contributed by atoms with Crippen LogP contribution < -0.4 is 0 Å². The smallest absolute Gasteiger partial charge is 1.00 e. The van der Waals surface area contributed by atoms with Crippen LogP contribution in [0, 0.1) is 11.3 Å². The predicted molar refractivity (Wildman–Crippen MR) is 29.9 cm³/mol. The average molecular weight is 278 g/mol. The second-order valence-corrected chi connectivity index (χ2v) is 3.54. The number of nitrogens with zero attached hydrogens (tertiary/aromatic N) is 1. The fourth-order valence-electron chi connectivity index (χ4n) is 0. The molecule has 0 atom stereocenters. The largest absolute Gasteiger partial charge is 1.00 e. The summed E-state index contributed by atoms with van der Waals surface area (Å²) < 4.78 is 59.2. The Kier molecular flexibility index (Phi) is 5.43. The van der Waals surface area contributed by atoms with Crippen LogP contribution in [0.4, 0.5) is 25.2 Å². The monoisotopic (exact) mass is 277 g/mol. The summed E-state index contributed by atoms with van der Waals surface area (Å²) in [5.74, 6) is -0.440. The minimum atomic E-state index is -10.7. The first-order valence-corrected chi connectivity index (χ1v) is 4.22. The van der Waals surface area contributed by atoms with Crippen molar-refractivity contribution in [3.05, 3.63) is 0 Å². The van der Waals surface area contributed by atoms with Gasteiger partial charge in [-0.05, 0) is 0 Å². The molecule has 0 bridgehead atoms. The molecule has 0 rings (SSSR count).